The second kappa shape index (κ2) is 10.6. The van der Waals surface area contributed by atoms with E-state index < -0.39 is 0 Å². The second-order valence-corrected chi connectivity index (χ2v) is 8.45. The van der Waals surface area contributed by atoms with Crippen LogP contribution < -0.4 is 9.80 Å². The lowest BCUT2D eigenvalue weighted by molar-refractivity contribution is 1.25. The van der Waals surface area contributed by atoms with Gasteiger partial charge in [0.05, 0.1) is 0 Å². The fourth-order valence-electron chi connectivity index (χ4n) is 4.35. The molecule has 5 aromatic rings. The molecule has 2 nitrogen and oxygen atoms in total. The van der Waals surface area contributed by atoms with Crippen molar-refractivity contribution in [3.63, 3.8) is 0 Å². The van der Waals surface area contributed by atoms with Gasteiger partial charge in [0, 0.05) is 34.1 Å². The maximum Gasteiger partial charge on any atom is 0.0467 e. The summed E-state index contributed by atoms with van der Waals surface area (Å²) in [7, 11) is 0. The Morgan fingerprint density at radius 3 is 1.22 bits per heavy atom. The van der Waals surface area contributed by atoms with Crippen LogP contribution in [0.3, 0.4) is 0 Å². The number of para-hydroxylation sites is 2. The predicted molar refractivity (Wildman–Crippen MR) is 156 cm³/mol. The van der Waals surface area contributed by atoms with Crippen LogP contribution in [0.2, 0.25) is 0 Å². The minimum absolute atomic E-state index is 1.08. The Balaban J connectivity index is 1.58. The number of nitrogens with zero attached hydrogens (tertiary/aromatic N) is 2. The molecule has 0 radical (unpaired) electrons. The van der Waals surface area contributed by atoms with Crippen LogP contribution in [-0.2, 0) is 0 Å². The Kier molecular flexibility index (Phi) is 6.77. The SMILES string of the molecule is C=Cc1ccc(N(c2ccccc2)c2ccc(N(c3ccccc3)c3cccc(C=C)c3)cc2)cc1. The molecule has 0 aliphatic heterocycles. The number of rotatable bonds is 8. The summed E-state index contributed by atoms with van der Waals surface area (Å²) in [6.07, 6.45) is 3.75. The molecule has 5 rings (SSSR count). The topological polar surface area (TPSA) is 6.48 Å². The molecule has 0 saturated carbocycles. The molecule has 0 fully saturated rings. The van der Waals surface area contributed by atoms with E-state index in [0.717, 1.165) is 45.3 Å². The summed E-state index contributed by atoms with van der Waals surface area (Å²) in [6.45, 7) is 7.83. The van der Waals surface area contributed by atoms with Crippen LogP contribution in [0.25, 0.3) is 12.2 Å². The zero-order chi connectivity index (χ0) is 24.7. The quantitative estimate of drug-likeness (QED) is 0.225. The van der Waals surface area contributed by atoms with Crippen molar-refractivity contribution in [3.05, 3.63) is 158 Å². The number of benzene rings is 5. The summed E-state index contributed by atoms with van der Waals surface area (Å²) in [5, 5.41) is 0. The Morgan fingerprint density at radius 1 is 0.361 bits per heavy atom. The summed E-state index contributed by atoms with van der Waals surface area (Å²) in [4.78, 5) is 4.53. The van der Waals surface area contributed by atoms with E-state index in [4.69, 9.17) is 0 Å². The minimum Gasteiger partial charge on any atom is -0.311 e. The molecule has 0 heterocycles. The maximum atomic E-state index is 3.95. The fraction of sp³-hybridized carbons (Fsp3) is 0. The maximum absolute atomic E-state index is 3.95. The molecule has 0 unspecified atom stereocenters. The third-order valence-electron chi connectivity index (χ3n) is 6.15. The average molecular weight is 465 g/mol. The molecule has 0 aliphatic rings. The van der Waals surface area contributed by atoms with Gasteiger partial charge in [-0.1, -0.05) is 86.0 Å². The molecule has 0 spiro atoms. The van der Waals surface area contributed by atoms with Gasteiger partial charge in [-0.25, -0.2) is 0 Å². The van der Waals surface area contributed by atoms with Gasteiger partial charge in [0.15, 0.2) is 0 Å². The highest BCUT2D eigenvalue weighted by Gasteiger charge is 2.15. The molecule has 2 heteroatoms. The van der Waals surface area contributed by atoms with Crippen molar-refractivity contribution in [3.8, 4) is 0 Å². The van der Waals surface area contributed by atoms with Gasteiger partial charge < -0.3 is 9.80 Å². The van der Waals surface area contributed by atoms with Gasteiger partial charge in [0.2, 0.25) is 0 Å². The Hall–Kier alpha value is -4.82. The van der Waals surface area contributed by atoms with E-state index in [1.54, 1.807) is 0 Å². The number of hydrogen-bond donors (Lipinski definition) is 0. The largest absolute Gasteiger partial charge is 0.311 e. The Morgan fingerprint density at radius 2 is 0.750 bits per heavy atom. The zero-order valence-electron chi connectivity index (χ0n) is 20.2. The molecule has 36 heavy (non-hydrogen) atoms. The van der Waals surface area contributed by atoms with Crippen molar-refractivity contribution in [2.24, 2.45) is 0 Å². The van der Waals surface area contributed by atoms with Crippen LogP contribution >= 0.6 is 0 Å². The highest BCUT2D eigenvalue weighted by Crippen LogP contribution is 2.39. The van der Waals surface area contributed by atoms with Crippen LogP contribution in [0, 0.1) is 0 Å². The smallest absolute Gasteiger partial charge is 0.0467 e. The summed E-state index contributed by atoms with van der Waals surface area (Å²) >= 11 is 0. The second-order valence-electron chi connectivity index (χ2n) is 8.45. The average Bonchev–Trinajstić information content (AvgIpc) is 2.96. The highest BCUT2D eigenvalue weighted by molar-refractivity contribution is 5.81. The first-order valence-electron chi connectivity index (χ1n) is 12.0. The van der Waals surface area contributed by atoms with Gasteiger partial charge in [-0.3, -0.25) is 0 Å². The summed E-state index contributed by atoms with van der Waals surface area (Å²) < 4.78 is 0. The van der Waals surface area contributed by atoms with Crippen LogP contribution in [0.15, 0.2) is 147 Å². The standard InChI is InChI=1S/C34H28N2/c1-3-27-18-20-31(21-19-27)35(29-13-7-5-8-14-29)32-22-24-33(25-23-32)36(30-15-9-6-10-16-30)34-17-11-12-28(4-2)26-34/h3-26H,1-2H2. The molecule has 0 aromatic heterocycles. The van der Waals surface area contributed by atoms with Crippen molar-refractivity contribution in [1.82, 2.24) is 0 Å². The molecule has 0 aliphatic carbocycles. The van der Waals surface area contributed by atoms with E-state index in [9.17, 15) is 0 Å². The molecule has 0 N–H and O–H groups in total. The molecule has 0 bridgehead atoms. The zero-order valence-corrected chi connectivity index (χ0v) is 20.2. The van der Waals surface area contributed by atoms with Gasteiger partial charge in [-0.2, -0.15) is 0 Å². The van der Waals surface area contributed by atoms with Gasteiger partial charge >= 0.3 is 0 Å². The molecular weight excluding hydrogens is 436 g/mol. The van der Waals surface area contributed by atoms with Crippen molar-refractivity contribution >= 4 is 46.3 Å². The summed E-state index contributed by atoms with van der Waals surface area (Å²) in [6, 6.07) is 46.5. The monoisotopic (exact) mass is 464 g/mol. The normalized spacial score (nSPS) is 10.4. The van der Waals surface area contributed by atoms with Crippen molar-refractivity contribution < 1.29 is 0 Å². The number of anilines is 6. The van der Waals surface area contributed by atoms with E-state index in [-0.39, 0.29) is 0 Å². The summed E-state index contributed by atoms with van der Waals surface area (Å²) in [5.41, 5.74) is 8.75. The van der Waals surface area contributed by atoms with Gasteiger partial charge in [0.25, 0.3) is 0 Å². The van der Waals surface area contributed by atoms with Crippen LogP contribution in [-0.4, -0.2) is 0 Å². The third kappa shape index (κ3) is 4.84. The molecule has 0 amide bonds. The first-order valence-corrected chi connectivity index (χ1v) is 12.0. The summed E-state index contributed by atoms with van der Waals surface area (Å²) in [5.74, 6) is 0. The highest BCUT2D eigenvalue weighted by atomic mass is 15.2. The van der Waals surface area contributed by atoms with Gasteiger partial charge in [0.1, 0.15) is 0 Å². The Labute approximate surface area is 213 Å². The van der Waals surface area contributed by atoms with Gasteiger partial charge in [-0.15, -0.1) is 0 Å². The van der Waals surface area contributed by atoms with E-state index in [0.29, 0.717) is 0 Å². The van der Waals surface area contributed by atoms with Crippen molar-refractivity contribution in [2.75, 3.05) is 9.80 Å². The van der Waals surface area contributed by atoms with Crippen LogP contribution in [0.1, 0.15) is 11.1 Å². The minimum atomic E-state index is 1.08. The molecule has 0 atom stereocenters. The lowest BCUT2D eigenvalue weighted by atomic mass is 10.1. The molecule has 174 valence electrons. The van der Waals surface area contributed by atoms with E-state index in [2.05, 4.69) is 144 Å². The van der Waals surface area contributed by atoms with E-state index >= 15 is 0 Å². The van der Waals surface area contributed by atoms with Crippen molar-refractivity contribution in [2.45, 2.75) is 0 Å². The van der Waals surface area contributed by atoms with Gasteiger partial charge in [-0.05, 0) is 83.9 Å². The third-order valence-corrected chi connectivity index (χ3v) is 6.15. The van der Waals surface area contributed by atoms with Crippen LogP contribution in [0.4, 0.5) is 34.1 Å². The lowest BCUT2D eigenvalue weighted by Gasteiger charge is -2.28. The Bertz CT molecular complexity index is 1440. The molecule has 0 saturated heterocycles. The lowest BCUT2D eigenvalue weighted by Crippen LogP contribution is -2.12. The van der Waals surface area contributed by atoms with Crippen molar-refractivity contribution in [1.29, 1.82) is 0 Å². The first kappa shape index (κ1) is 22.9. The molecule has 5 aromatic carbocycles. The van der Waals surface area contributed by atoms with E-state index in [1.165, 1.54) is 0 Å². The first-order chi connectivity index (χ1) is 17.8. The fourth-order valence-corrected chi connectivity index (χ4v) is 4.35. The van der Waals surface area contributed by atoms with E-state index in [1.807, 2.05) is 24.3 Å². The predicted octanol–water partition coefficient (Wildman–Crippen LogP) is 9.91. The van der Waals surface area contributed by atoms with Crippen LogP contribution in [0.5, 0.6) is 0 Å². The number of hydrogen-bond acceptors (Lipinski definition) is 2. The molecular formula is C34H28N2.